The minimum atomic E-state index is -0.933. The average molecular weight is 574 g/mol. The summed E-state index contributed by atoms with van der Waals surface area (Å²) in [6, 6.07) is 23.3. The van der Waals surface area contributed by atoms with Gasteiger partial charge in [0.25, 0.3) is 11.8 Å². The third-order valence-corrected chi connectivity index (χ3v) is 8.73. The number of hydrogen-bond acceptors (Lipinski definition) is 4. The van der Waals surface area contributed by atoms with Crippen LogP contribution in [0.15, 0.2) is 66.7 Å². The van der Waals surface area contributed by atoms with Crippen LogP contribution in [0.2, 0.25) is 0 Å². The van der Waals surface area contributed by atoms with Gasteiger partial charge in [-0.05, 0) is 84.7 Å². The normalized spacial score (nSPS) is 19.6. The fraction of sp³-hybridized carbons (Fsp3) is 0.412. The lowest BCUT2D eigenvalue weighted by Gasteiger charge is -2.35. The molecule has 0 aliphatic carbocycles. The van der Waals surface area contributed by atoms with Gasteiger partial charge in [-0.15, -0.1) is 12.4 Å². The molecular formula is C34H40ClN3O3. The lowest BCUT2D eigenvalue weighted by Crippen LogP contribution is -2.55. The van der Waals surface area contributed by atoms with Crippen molar-refractivity contribution in [1.29, 1.82) is 0 Å². The van der Waals surface area contributed by atoms with E-state index in [4.69, 9.17) is 4.74 Å². The summed E-state index contributed by atoms with van der Waals surface area (Å²) in [5, 5.41) is 3.45. The number of fused-ring (bicyclic) bond motifs is 3. The molecular weight excluding hydrogens is 534 g/mol. The number of carbonyl (C=O) groups excluding carboxylic acids is 2. The fourth-order valence-electron chi connectivity index (χ4n) is 6.31. The molecule has 3 heterocycles. The molecule has 2 bridgehead atoms. The Hall–Kier alpha value is -3.35. The van der Waals surface area contributed by atoms with Gasteiger partial charge < -0.3 is 19.9 Å². The molecule has 3 aliphatic rings. The van der Waals surface area contributed by atoms with Gasteiger partial charge in [0.2, 0.25) is 0 Å². The summed E-state index contributed by atoms with van der Waals surface area (Å²) in [5.41, 5.74) is 5.66. The van der Waals surface area contributed by atoms with Crippen LogP contribution >= 0.6 is 12.4 Å². The number of halogens is 1. The molecule has 2 saturated heterocycles. The van der Waals surface area contributed by atoms with Crippen molar-refractivity contribution in [2.24, 2.45) is 0 Å². The number of nitrogens with zero attached hydrogens (tertiary/aromatic N) is 2. The molecule has 6 nitrogen and oxygen atoms in total. The van der Waals surface area contributed by atoms with Crippen molar-refractivity contribution in [1.82, 2.24) is 15.1 Å². The third kappa shape index (κ3) is 5.86. The minimum Gasteiger partial charge on any atom is -0.478 e. The van der Waals surface area contributed by atoms with E-state index in [-0.39, 0.29) is 30.3 Å². The van der Waals surface area contributed by atoms with Crippen molar-refractivity contribution in [3.63, 3.8) is 0 Å². The second-order valence-electron chi connectivity index (χ2n) is 12.3. The van der Waals surface area contributed by atoms with E-state index in [2.05, 4.69) is 43.4 Å². The first kappa shape index (κ1) is 29.2. The predicted octanol–water partition coefficient (Wildman–Crippen LogP) is 5.83. The lowest BCUT2D eigenvalue weighted by molar-refractivity contribution is -0.146. The van der Waals surface area contributed by atoms with Crippen molar-refractivity contribution in [3.8, 4) is 16.9 Å². The van der Waals surface area contributed by atoms with Gasteiger partial charge in [-0.3, -0.25) is 9.59 Å². The molecule has 0 aromatic heterocycles. The highest BCUT2D eigenvalue weighted by molar-refractivity contribution is 5.95. The first-order valence-electron chi connectivity index (χ1n) is 14.5. The van der Waals surface area contributed by atoms with Gasteiger partial charge in [-0.25, -0.2) is 0 Å². The molecule has 6 rings (SSSR count). The summed E-state index contributed by atoms with van der Waals surface area (Å²) < 4.78 is 6.27. The maximum atomic E-state index is 13.3. The van der Waals surface area contributed by atoms with Gasteiger partial charge >= 0.3 is 0 Å². The van der Waals surface area contributed by atoms with E-state index in [0.29, 0.717) is 36.4 Å². The number of benzene rings is 3. The summed E-state index contributed by atoms with van der Waals surface area (Å²) in [5.74, 6) is 1.31. The van der Waals surface area contributed by atoms with Gasteiger partial charge in [-0.2, -0.15) is 0 Å². The van der Waals surface area contributed by atoms with Crippen LogP contribution in [-0.4, -0.2) is 58.9 Å². The molecule has 216 valence electrons. The number of ether oxygens (including phenoxy) is 1. The molecule has 0 spiro atoms. The highest BCUT2D eigenvalue weighted by Gasteiger charge is 2.45. The number of nitrogens with one attached hydrogen (secondary N) is 1. The quantitative estimate of drug-likeness (QED) is 0.403. The first-order valence-corrected chi connectivity index (χ1v) is 14.5. The average Bonchev–Trinajstić information content (AvgIpc) is 3.60. The van der Waals surface area contributed by atoms with Crippen LogP contribution in [-0.2, 0) is 17.8 Å². The smallest absolute Gasteiger partial charge is 0.266 e. The van der Waals surface area contributed by atoms with Crippen molar-refractivity contribution in [2.45, 2.75) is 70.7 Å². The van der Waals surface area contributed by atoms with Crippen LogP contribution in [0.5, 0.6) is 5.75 Å². The van der Waals surface area contributed by atoms with Crippen LogP contribution in [0.4, 0.5) is 0 Å². The fourth-order valence-corrected chi connectivity index (χ4v) is 6.31. The Morgan fingerprint density at radius 3 is 2.24 bits per heavy atom. The summed E-state index contributed by atoms with van der Waals surface area (Å²) in [4.78, 5) is 30.5. The van der Waals surface area contributed by atoms with E-state index in [1.165, 1.54) is 11.1 Å². The van der Waals surface area contributed by atoms with Crippen LogP contribution in [0.25, 0.3) is 11.1 Å². The van der Waals surface area contributed by atoms with Gasteiger partial charge in [0.15, 0.2) is 5.60 Å². The zero-order chi connectivity index (χ0) is 28.0. The molecule has 3 aromatic rings. The van der Waals surface area contributed by atoms with Gasteiger partial charge in [0.05, 0.1) is 0 Å². The Morgan fingerprint density at radius 2 is 1.63 bits per heavy atom. The summed E-state index contributed by atoms with van der Waals surface area (Å²) in [7, 11) is 0. The van der Waals surface area contributed by atoms with Crippen LogP contribution in [0.3, 0.4) is 0 Å². The van der Waals surface area contributed by atoms with Crippen LogP contribution in [0.1, 0.15) is 67.1 Å². The van der Waals surface area contributed by atoms with Crippen molar-refractivity contribution in [3.05, 3.63) is 89.0 Å². The van der Waals surface area contributed by atoms with Gasteiger partial charge in [-0.1, -0.05) is 56.3 Å². The van der Waals surface area contributed by atoms with E-state index in [9.17, 15) is 9.59 Å². The van der Waals surface area contributed by atoms with Gasteiger partial charge in [0.1, 0.15) is 5.75 Å². The Bertz CT molecular complexity index is 1420. The molecule has 0 unspecified atom stereocenters. The van der Waals surface area contributed by atoms with Crippen LogP contribution < -0.4 is 10.1 Å². The predicted molar refractivity (Wildman–Crippen MR) is 165 cm³/mol. The third-order valence-electron chi connectivity index (χ3n) is 8.73. The molecule has 2 amide bonds. The largest absolute Gasteiger partial charge is 0.478 e. The number of amides is 2. The van der Waals surface area contributed by atoms with Crippen molar-refractivity contribution >= 4 is 24.2 Å². The Morgan fingerprint density at radius 1 is 0.951 bits per heavy atom. The zero-order valence-corrected chi connectivity index (χ0v) is 25.2. The summed E-state index contributed by atoms with van der Waals surface area (Å²) in [6.45, 7) is 11.0. The molecule has 0 saturated carbocycles. The first-order chi connectivity index (χ1) is 19.2. The van der Waals surface area contributed by atoms with Crippen molar-refractivity contribution in [2.75, 3.05) is 19.6 Å². The van der Waals surface area contributed by atoms with E-state index in [0.717, 1.165) is 42.6 Å². The van der Waals surface area contributed by atoms with Gasteiger partial charge in [0, 0.05) is 43.8 Å². The molecule has 3 aromatic carbocycles. The molecule has 2 fully saturated rings. The summed E-state index contributed by atoms with van der Waals surface area (Å²) in [6.07, 6.45) is 1.79. The summed E-state index contributed by atoms with van der Waals surface area (Å²) >= 11 is 0. The number of carbonyl (C=O) groups is 2. The molecule has 41 heavy (non-hydrogen) atoms. The Kier molecular flexibility index (Phi) is 8.18. The topological polar surface area (TPSA) is 61.9 Å². The maximum absolute atomic E-state index is 13.3. The van der Waals surface area contributed by atoms with Crippen LogP contribution in [0, 0.1) is 0 Å². The highest BCUT2D eigenvalue weighted by atomic mass is 35.5. The van der Waals surface area contributed by atoms with E-state index in [1.807, 2.05) is 66.1 Å². The molecule has 2 atom stereocenters. The lowest BCUT2D eigenvalue weighted by atomic mass is 9.97. The standard InChI is InChI=1S/C34H39N3O3.ClH/c1-22(2)23-5-7-24(8-6-23)25-9-11-26(12-10-25)32(38)36-16-15-27-17-31(14-13-28(27)20-36)40-34(3,4)33(39)37-21-29-18-30(37)19-35-29;/h5-14,17,22,29-30,35H,15-16,18-21H2,1-4H3;1H/t29-,30-;/m1./s1. The number of piperazine rings is 1. The Labute approximate surface area is 249 Å². The second kappa shape index (κ2) is 11.5. The SMILES string of the molecule is CC(C)c1ccc(-c2ccc(C(=O)N3CCc4cc(OC(C)(C)C(=O)N5C[C@H]6C[C@@H]5CN6)ccc4C3)cc2)cc1.Cl. The van der Waals surface area contributed by atoms with E-state index in [1.54, 1.807) is 0 Å². The minimum absolute atomic E-state index is 0. The second-order valence-corrected chi connectivity index (χ2v) is 12.3. The monoisotopic (exact) mass is 573 g/mol. The zero-order valence-electron chi connectivity index (χ0n) is 24.4. The number of likely N-dealkylation sites (tertiary alicyclic amines) is 1. The highest BCUT2D eigenvalue weighted by Crippen LogP contribution is 2.31. The molecule has 1 N–H and O–H groups in total. The van der Waals surface area contributed by atoms with E-state index >= 15 is 0 Å². The number of rotatable bonds is 6. The van der Waals surface area contributed by atoms with Crippen molar-refractivity contribution < 1.29 is 14.3 Å². The molecule has 7 heteroatoms. The van der Waals surface area contributed by atoms with E-state index < -0.39 is 5.60 Å². The molecule has 3 aliphatic heterocycles. The molecule has 0 radical (unpaired) electrons. The number of hydrogen-bond donors (Lipinski definition) is 1. The Balaban J connectivity index is 0.00000337. The maximum Gasteiger partial charge on any atom is 0.266 e.